The number of Topliss-reactive ketones (excluding diaryl/α,β-unsaturated/α-hetero) is 1. The number of ketones is 1. The van der Waals surface area contributed by atoms with Gasteiger partial charge >= 0.3 is 5.97 Å². The molecule has 2 rings (SSSR count). The Morgan fingerprint density at radius 2 is 1.78 bits per heavy atom. The van der Waals surface area contributed by atoms with Crippen molar-refractivity contribution in [2.24, 2.45) is 5.92 Å². The fourth-order valence-corrected chi connectivity index (χ4v) is 3.92. The normalized spacial score (nSPS) is 11.9. The second-order valence-corrected chi connectivity index (χ2v) is 9.31. The molecule has 0 saturated heterocycles. The SMILES string of the molecule is CSCCC(NC(=O)c1ccccc1)C(=O)OCC(=O)c1cc(C)n(CCC(C)C)c1C. The summed E-state index contributed by atoms with van der Waals surface area (Å²) in [5.41, 5.74) is 2.96. The van der Waals surface area contributed by atoms with Crippen molar-refractivity contribution in [3.05, 3.63) is 58.9 Å². The van der Waals surface area contributed by atoms with Crippen LogP contribution in [-0.2, 0) is 16.1 Å². The Bertz CT molecular complexity index is 922. The van der Waals surface area contributed by atoms with Gasteiger partial charge in [0.05, 0.1) is 0 Å². The van der Waals surface area contributed by atoms with Crippen molar-refractivity contribution in [2.75, 3.05) is 18.6 Å². The van der Waals surface area contributed by atoms with Gasteiger partial charge in [0.1, 0.15) is 6.04 Å². The van der Waals surface area contributed by atoms with Crippen LogP contribution < -0.4 is 5.32 Å². The number of carbonyl (C=O) groups excluding carboxylic acids is 3. The summed E-state index contributed by atoms with van der Waals surface area (Å²) in [7, 11) is 0. The van der Waals surface area contributed by atoms with E-state index in [1.165, 1.54) is 0 Å². The number of carbonyl (C=O) groups is 3. The van der Waals surface area contributed by atoms with Crippen LogP contribution in [0.5, 0.6) is 0 Å². The highest BCUT2D eigenvalue weighted by molar-refractivity contribution is 7.98. The first-order valence-electron chi connectivity index (χ1n) is 11.0. The van der Waals surface area contributed by atoms with Crippen LogP contribution in [0.4, 0.5) is 0 Å². The molecule has 1 atom stereocenters. The van der Waals surface area contributed by atoms with E-state index in [-0.39, 0.29) is 18.3 Å². The van der Waals surface area contributed by atoms with E-state index in [2.05, 4.69) is 23.7 Å². The van der Waals surface area contributed by atoms with Gasteiger partial charge in [0.15, 0.2) is 6.61 Å². The number of benzene rings is 1. The molecule has 0 saturated carbocycles. The lowest BCUT2D eigenvalue weighted by Crippen LogP contribution is -2.42. The van der Waals surface area contributed by atoms with E-state index >= 15 is 0 Å². The smallest absolute Gasteiger partial charge is 0.329 e. The number of aromatic nitrogens is 1. The number of thioether (sulfide) groups is 1. The Morgan fingerprint density at radius 1 is 1.09 bits per heavy atom. The molecule has 0 spiro atoms. The molecule has 1 aromatic heterocycles. The Hall–Kier alpha value is -2.54. The third-order valence-corrected chi connectivity index (χ3v) is 6.03. The quantitative estimate of drug-likeness (QED) is 0.376. The van der Waals surface area contributed by atoms with E-state index < -0.39 is 12.0 Å². The first-order chi connectivity index (χ1) is 15.2. The molecule has 32 heavy (non-hydrogen) atoms. The highest BCUT2D eigenvalue weighted by Gasteiger charge is 2.24. The zero-order valence-corrected chi connectivity index (χ0v) is 20.5. The number of ether oxygens (including phenoxy) is 1. The molecule has 1 unspecified atom stereocenters. The van der Waals surface area contributed by atoms with Gasteiger partial charge in [0, 0.05) is 29.1 Å². The summed E-state index contributed by atoms with van der Waals surface area (Å²) < 4.78 is 7.47. The summed E-state index contributed by atoms with van der Waals surface area (Å²) in [6, 6.07) is 9.77. The highest BCUT2D eigenvalue weighted by Crippen LogP contribution is 2.18. The van der Waals surface area contributed by atoms with Gasteiger partial charge in [0.2, 0.25) is 5.78 Å². The van der Waals surface area contributed by atoms with Gasteiger partial charge in [-0.15, -0.1) is 0 Å². The minimum Gasteiger partial charge on any atom is -0.456 e. The lowest BCUT2D eigenvalue weighted by molar-refractivity contribution is -0.144. The van der Waals surface area contributed by atoms with Crippen LogP contribution in [0.1, 0.15) is 58.8 Å². The largest absolute Gasteiger partial charge is 0.456 e. The average molecular weight is 459 g/mol. The van der Waals surface area contributed by atoms with Gasteiger partial charge in [-0.3, -0.25) is 9.59 Å². The highest BCUT2D eigenvalue weighted by atomic mass is 32.2. The number of hydrogen-bond acceptors (Lipinski definition) is 5. The number of amides is 1. The van der Waals surface area contributed by atoms with Crippen LogP contribution in [0.25, 0.3) is 0 Å². The van der Waals surface area contributed by atoms with Gasteiger partial charge in [-0.2, -0.15) is 11.8 Å². The number of rotatable bonds is 12. The molecule has 0 radical (unpaired) electrons. The minimum atomic E-state index is -0.804. The monoisotopic (exact) mass is 458 g/mol. The summed E-state index contributed by atoms with van der Waals surface area (Å²) >= 11 is 1.58. The van der Waals surface area contributed by atoms with Crippen molar-refractivity contribution >= 4 is 29.4 Å². The summed E-state index contributed by atoms with van der Waals surface area (Å²) in [6.07, 6.45) is 3.38. The maximum Gasteiger partial charge on any atom is 0.329 e. The van der Waals surface area contributed by atoms with E-state index in [9.17, 15) is 14.4 Å². The standard InChI is InChI=1S/C25H34N2O4S/c1-17(2)11-13-27-18(3)15-21(19(27)4)23(28)16-31-25(30)22(12-14-32-5)26-24(29)20-9-7-6-8-10-20/h6-10,15,17,22H,11-14,16H2,1-5H3,(H,26,29). The van der Waals surface area contributed by atoms with Gasteiger partial charge in [-0.1, -0.05) is 32.0 Å². The van der Waals surface area contributed by atoms with Crippen LogP contribution in [0.15, 0.2) is 36.4 Å². The molecule has 7 heteroatoms. The lowest BCUT2D eigenvalue weighted by Gasteiger charge is -2.17. The van der Waals surface area contributed by atoms with Crippen LogP contribution in [-0.4, -0.2) is 46.9 Å². The van der Waals surface area contributed by atoms with Gasteiger partial charge in [-0.25, -0.2) is 4.79 Å². The van der Waals surface area contributed by atoms with Crippen molar-refractivity contribution < 1.29 is 19.1 Å². The maximum absolute atomic E-state index is 12.8. The maximum atomic E-state index is 12.8. The van der Waals surface area contributed by atoms with Crippen LogP contribution in [0.3, 0.4) is 0 Å². The van der Waals surface area contributed by atoms with E-state index in [4.69, 9.17) is 4.74 Å². The van der Waals surface area contributed by atoms with E-state index in [0.29, 0.717) is 29.2 Å². The molecular formula is C25H34N2O4S. The molecule has 1 N–H and O–H groups in total. The van der Waals surface area contributed by atoms with Crippen molar-refractivity contribution in [2.45, 2.75) is 53.1 Å². The lowest BCUT2D eigenvalue weighted by atomic mass is 10.1. The minimum absolute atomic E-state index is 0.236. The molecule has 2 aromatic rings. The molecule has 6 nitrogen and oxygen atoms in total. The molecule has 174 valence electrons. The zero-order valence-electron chi connectivity index (χ0n) is 19.6. The summed E-state index contributed by atoms with van der Waals surface area (Å²) in [5.74, 6) is 0.0830. The van der Waals surface area contributed by atoms with E-state index in [0.717, 1.165) is 24.4 Å². The summed E-state index contributed by atoms with van der Waals surface area (Å²) in [4.78, 5) is 37.9. The molecule has 0 aliphatic rings. The van der Waals surface area contributed by atoms with Crippen molar-refractivity contribution in [3.63, 3.8) is 0 Å². The predicted molar refractivity (Wildman–Crippen MR) is 129 cm³/mol. The Labute approximate surface area is 195 Å². The Morgan fingerprint density at radius 3 is 2.41 bits per heavy atom. The average Bonchev–Trinajstić information content (AvgIpc) is 3.06. The molecule has 1 heterocycles. The van der Waals surface area contributed by atoms with Gasteiger partial charge < -0.3 is 14.6 Å². The van der Waals surface area contributed by atoms with Crippen molar-refractivity contribution in [3.8, 4) is 0 Å². The molecule has 0 bridgehead atoms. The van der Waals surface area contributed by atoms with Crippen LogP contribution >= 0.6 is 11.8 Å². The number of hydrogen-bond donors (Lipinski definition) is 1. The number of esters is 1. The third kappa shape index (κ3) is 7.26. The second-order valence-electron chi connectivity index (χ2n) is 8.32. The van der Waals surface area contributed by atoms with E-state index in [1.54, 1.807) is 36.0 Å². The van der Waals surface area contributed by atoms with Crippen molar-refractivity contribution in [1.82, 2.24) is 9.88 Å². The fraction of sp³-hybridized carbons (Fsp3) is 0.480. The zero-order chi connectivity index (χ0) is 23.7. The number of nitrogens with zero attached hydrogens (tertiary/aromatic N) is 1. The molecule has 1 aromatic carbocycles. The molecule has 0 aliphatic carbocycles. The Balaban J connectivity index is 2.02. The second kappa shape index (κ2) is 12.5. The Kier molecular flexibility index (Phi) is 10.0. The third-order valence-electron chi connectivity index (χ3n) is 5.39. The van der Waals surface area contributed by atoms with Gasteiger partial charge in [-0.05, 0) is 62.8 Å². The number of aryl methyl sites for hydroxylation is 1. The van der Waals surface area contributed by atoms with Gasteiger partial charge in [0.25, 0.3) is 5.91 Å². The summed E-state index contributed by atoms with van der Waals surface area (Å²) in [6.45, 7) is 8.75. The molecular weight excluding hydrogens is 424 g/mol. The predicted octanol–water partition coefficient (Wildman–Crippen LogP) is 4.43. The number of nitrogens with one attached hydrogen (secondary N) is 1. The molecule has 0 aliphatic heterocycles. The molecule has 0 fully saturated rings. The first kappa shape index (κ1) is 25.7. The fourth-order valence-electron chi connectivity index (χ4n) is 3.45. The van der Waals surface area contributed by atoms with Crippen molar-refractivity contribution in [1.29, 1.82) is 0 Å². The molecule has 1 amide bonds. The topological polar surface area (TPSA) is 77.4 Å². The summed E-state index contributed by atoms with van der Waals surface area (Å²) in [5, 5.41) is 2.74. The van der Waals surface area contributed by atoms with Crippen LogP contribution in [0.2, 0.25) is 0 Å². The van der Waals surface area contributed by atoms with E-state index in [1.807, 2.05) is 32.2 Å². The first-order valence-corrected chi connectivity index (χ1v) is 12.3. The van der Waals surface area contributed by atoms with Crippen LogP contribution in [0, 0.1) is 19.8 Å².